The molecule has 1 aromatic carbocycles. The number of esters is 1. The number of ether oxygens (including phenoxy) is 1. The summed E-state index contributed by atoms with van der Waals surface area (Å²) in [5.41, 5.74) is 0.925. The Hall–Kier alpha value is -2.54. The highest BCUT2D eigenvalue weighted by atomic mass is 79.9. The van der Waals surface area contributed by atoms with Crippen molar-refractivity contribution in [3.63, 3.8) is 0 Å². The Labute approximate surface area is 139 Å². The number of hydrogen-bond acceptors (Lipinski definition) is 6. The first-order valence-electron chi connectivity index (χ1n) is 6.83. The zero-order valence-electron chi connectivity index (χ0n) is 12.1. The Morgan fingerprint density at radius 3 is 2.78 bits per heavy atom. The van der Waals surface area contributed by atoms with E-state index in [1.54, 1.807) is 19.1 Å². The highest BCUT2D eigenvalue weighted by Gasteiger charge is 2.20. The van der Waals surface area contributed by atoms with Crippen LogP contribution in [0.15, 0.2) is 45.4 Å². The predicted octanol–water partition coefficient (Wildman–Crippen LogP) is 3.39. The van der Waals surface area contributed by atoms with Gasteiger partial charge in [0.2, 0.25) is 11.5 Å². The minimum Gasteiger partial charge on any atom is -0.460 e. The first kappa shape index (κ1) is 15.4. The molecule has 23 heavy (non-hydrogen) atoms. The molecule has 3 aromatic rings. The van der Waals surface area contributed by atoms with Gasteiger partial charge in [0, 0.05) is 15.9 Å². The SMILES string of the molecule is CCOC(=O)c1cc(C(=O)c2ccc3cc(Br)ccc3n2)no1. The summed E-state index contributed by atoms with van der Waals surface area (Å²) in [6.45, 7) is 1.89. The van der Waals surface area contributed by atoms with E-state index in [-0.39, 0.29) is 23.8 Å². The standard InChI is InChI=1S/C16H11BrN2O4/c1-2-22-16(21)14-8-13(19-23-14)15(20)12-5-3-9-7-10(17)4-6-11(9)18-12/h3-8H,2H2,1H3. The van der Waals surface area contributed by atoms with E-state index in [0.717, 1.165) is 9.86 Å². The van der Waals surface area contributed by atoms with Crippen molar-refractivity contribution in [1.29, 1.82) is 0 Å². The lowest BCUT2D eigenvalue weighted by molar-refractivity contribution is 0.0479. The van der Waals surface area contributed by atoms with E-state index in [2.05, 4.69) is 26.1 Å². The zero-order chi connectivity index (χ0) is 16.4. The maximum Gasteiger partial charge on any atom is 0.377 e. The highest BCUT2D eigenvalue weighted by Crippen LogP contribution is 2.19. The maximum atomic E-state index is 12.4. The minimum absolute atomic E-state index is 0.0111. The molecule has 7 heteroatoms. The van der Waals surface area contributed by atoms with Crippen molar-refractivity contribution in [3.8, 4) is 0 Å². The molecular formula is C16H11BrN2O4. The van der Waals surface area contributed by atoms with E-state index >= 15 is 0 Å². The lowest BCUT2D eigenvalue weighted by Gasteiger charge is -2.01. The number of rotatable bonds is 4. The van der Waals surface area contributed by atoms with Crippen molar-refractivity contribution in [2.45, 2.75) is 6.92 Å². The molecule has 0 N–H and O–H groups in total. The molecule has 0 radical (unpaired) electrons. The van der Waals surface area contributed by atoms with E-state index in [4.69, 9.17) is 9.26 Å². The van der Waals surface area contributed by atoms with Crippen molar-refractivity contribution in [3.05, 3.63) is 58.0 Å². The number of halogens is 1. The molecule has 116 valence electrons. The lowest BCUT2D eigenvalue weighted by atomic mass is 10.1. The molecule has 0 bridgehead atoms. The molecule has 0 aliphatic heterocycles. The number of nitrogens with zero attached hydrogens (tertiary/aromatic N) is 2. The normalized spacial score (nSPS) is 10.7. The third kappa shape index (κ3) is 3.14. The fourth-order valence-corrected chi connectivity index (χ4v) is 2.41. The summed E-state index contributed by atoms with van der Waals surface area (Å²) in [7, 11) is 0. The van der Waals surface area contributed by atoms with Gasteiger partial charge in [-0.05, 0) is 31.2 Å². The number of hydrogen-bond donors (Lipinski definition) is 0. The van der Waals surface area contributed by atoms with Crippen LogP contribution in [-0.4, -0.2) is 28.5 Å². The van der Waals surface area contributed by atoms with Gasteiger partial charge in [0.15, 0.2) is 5.69 Å². The lowest BCUT2D eigenvalue weighted by Crippen LogP contribution is -2.05. The van der Waals surface area contributed by atoms with Crippen LogP contribution < -0.4 is 0 Å². The molecule has 0 atom stereocenters. The topological polar surface area (TPSA) is 82.3 Å². The fourth-order valence-electron chi connectivity index (χ4n) is 2.03. The first-order valence-corrected chi connectivity index (χ1v) is 7.62. The Balaban J connectivity index is 1.91. The van der Waals surface area contributed by atoms with E-state index in [1.165, 1.54) is 6.07 Å². The molecule has 2 aromatic heterocycles. The second kappa shape index (κ2) is 6.29. The summed E-state index contributed by atoms with van der Waals surface area (Å²) < 4.78 is 10.6. The Morgan fingerprint density at radius 1 is 1.17 bits per heavy atom. The number of carbonyl (C=O) groups excluding carboxylic acids is 2. The number of pyridine rings is 1. The summed E-state index contributed by atoms with van der Waals surface area (Å²) in [6.07, 6.45) is 0. The second-order valence-corrected chi connectivity index (χ2v) is 5.58. The summed E-state index contributed by atoms with van der Waals surface area (Å²) in [5.74, 6) is -1.19. The number of ketones is 1. The summed E-state index contributed by atoms with van der Waals surface area (Å²) in [5, 5.41) is 4.52. The van der Waals surface area contributed by atoms with Crippen LogP contribution >= 0.6 is 15.9 Å². The van der Waals surface area contributed by atoms with Crippen LogP contribution in [0.1, 0.15) is 33.7 Å². The van der Waals surface area contributed by atoms with Crippen molar-refractivity contribution in [1.82, 2.24) is 10.1 Å². The molecule has 6 nitrogen and oxygen atoms in total. The van der Waals surface area contributed by atoms with Crippen LogP contribution in [0, 0.1) is 0 Å². The number of carbonyl (C=O) groups is 2. The molecule has 0 saturated carbocycles. The van der Waals surface area contributed by atoms with Gasteiger partial charge in [-0.1, -0.05) is 27.2 Å². The average molecular weight is 375 g/mol. The van der Waals surface area contributed by atoms with Crippen LogP contribution in [-0.2, 0) is 4.74 Å². The molecule has 2 heterocycles. The average Bonchev–Trinajstić information content (AvgIpc) is 3.04. The smallest absolute Gasteiger partial charge is 0.377 e. The first-order chi connectivity index (χ1) is 11.1. The van der Waals surface area contributed by atoms with Gasteiger partial charge in [0.1, 0.15) is 5.69 Å². The van der Waals surface area contributed by atoms with E-state index in [9.17, 15) is 9.59 Å². The Morgan fingerprint density at radius 2 is 2.00 bits per heavy atom. The van der Waals surface area contributed by atoms with Gasteiger partial charge in [-0.2, -0.15) is 0 Å². The fraction of sp³-hybridized carbons (Fsp3) is 0.125. The van der Waals surface area contributed by atoms with Crippen LogP contribution in [0.25, 0.3) is 10.9 Å². The van der Waals surface area contributed by atoms with Crippen molar-refractivity contribution in [2.75, 3.05) is 6.61 Å². The molecule has 0 unspecified atom stereocenters. The molecule has 0 spiro atoms. The van der Waals surface area contributed by atoms with Gasteiger partial charge in [-0.15, -0.1) is 0 Å². The maximum absolute atomic E-state index is 12.4. The van der Waals surface area contributed by atoms with Gasteiger partial charge >= 0.3 is 5.97 Å². The van der Waals surface area contributed by atoms with Gasteiger partial charge in [-0.25, -0.2) is 9.78 Å². The molecular weight excluding hydrogens is 364 g/mol. The predicted molar refractivity (Wildman–Crippen MR) is 85.3 cm³/mol. The third-order valence-electron chi connectivity index (χ3n) is 3.10. The molecule has 0 amide bonds. The molecule has 0 saturated heterocycles. The number of benzene rings is 1. The monoisotopic (exact) mass is 374 g/mol. The quantitative estimate of drug-likeness (QED) is 0.514. The van der Waals surface area contributed by atoms with Crippen LogP contribution in [0.2, 0.25) is 0 Å². The Bertz CT molecular complexity index is 904. The number of fused-ring (bicyclic) bond motifs is 1. The van der Waals surface area contributed by atoms with Crippen molar-refractivity contribution < 1.29 is 18.8 Å². The summed E-state index contributed by atoms with van der Waals surface area (Å²) >= 11 is 3.38. The van der Waals surface area contributed by atoms with E-state index in [1.807, 2.05) is 18.2 Å². The zero-order valence-corrected chi connectivity index (χ0v) is 13.7. The molecule has 0 fully saturated rings. The van der Waals surface area contributed by atoms with Crippen molar-refractivity contribution >= 4 is 38.6 Å². The van der Waals surface area contributed by atoms with Gasteiger partial charge in [-0.3, -0.25) is 4.79 Å². The summed E-state index contributed by atoms with van der Waals surface area (Å²) in [4.78, 5) is 28.3. The molecule has 0 aliphatic rings. The van der Waals surface area contributed by atoms with Crippen molar-refractivity contribution in [2.24, 2.45) is 0 Å². The van der Waals surface area contributed by atoms with Crippen LogP contribution in [0.3, 0.4) is 0 Å². The number of aromatic nitrogens is 2. The molecule has 0 aliphatic carbocycles. The van der Waals surface area contributed by atoms with E-state index < -0.39 is 11.8 Å². The van der Waals surface area contributed by atoms with Crippen LogP contribution in [0.5, 0.6) is 0 Å². The van der Waals surface area contributed by atoms with Gasteiger partial charge in [0.05, 0.1) is 12.1 Å². The largest absolute Gasteiger partial charge is 0.460 e. The highest BCUT2D eigenvalue weighted by molar-refractivity contribution is 9.10. The third-order valence-corrected chi connectivity index (χ3v) is 3.60. The summed E-state index contributed by atoms with van der Waals surface area (Å²) in [6, 6.07) is 10.2. The van der Waals surface area contributed by atoms with E-state index in [0.29, 0.717) is 5.52 Å². The van der Waals surface area contributed by atoms with Gasteiger partial charge < -0.3 is 9.26 Å². The van der Waals surface area contributed by atoms with Crippen LogP contribution in [0.4, 0.5) is 0 Å². The minimum atomic E-state index is -0.657. The Kier molecular flexibility index (Phi) is 4.20. The second-order valence-electron chi connectivity index (χ2n) is 4.66. The van der Waals surface area contributed by atoms with Gasteiger partial charge in [0.25, 0.3) is 0 Å². The molecule has 3 rings (SSSR count).